The van der Waals surface area contributed by atoms with Crippen molar-refractivity contribution >= 4 is 28.1 Å². The smallest absolute Gasteiger partial charge is 0.167 e. The Labute approximate surface area is 171 Å². The van der Waals surface area contributed by atoms with Crippen LogP contribution < -0.4 is 10.6 Å². The summed E-state index contributed by atoms with van der Waals surface area (Å²) in [7, 11) is 0. The molecule has 0 aliphatic heterocycles. The molecule has 0 radical (unpaired) electrons. The molecular formula is C25H22N2S. The highest BCUT2D eigenvalue weighted by Crippen LogP contribution is 2.22. The van der Waals surface area contributed by atoms with Crippen LogP contribution in [0.5, 0.6) is 0 Å². The fourth-order valence-corrected chi connectivity index (χ4v) is 3.64. The van der Waals surface area contributed by atoms with E-state index in [4.69, 9.17) is 12.2 Å². The van der Waals surface area contributed by atoms with Gasteiger partial charge < -0.3 is 10.6 Å². The highest BCUT2D eigenvalue weighted by molar-refractivity contribution is 7.80. The second-order valence-electron chi connectivity index (χ2n) is 6.72. The van der Waals surface area contributed by atoms with Crippen LogP contribution >= 0.6 is 12.2 Å². The van der Waals surface area contributed by atoms with E-state index in [0.29, 0.717) is 11.7 Å². The molecule has 0 aliphatic rings. The summed E-state index contributed by atoms with van der Waals surface area (Å²) in [6, 6.07) is 35.6. The van der Waals surface area contributed by atoms with Gasteiger partial charge in [0, 0.05) is 6.54 Å². The zero-order chi connectivity index (χ0) is 19.2. The molecule has 2 N–H and O–H groups in total. The summed E-state index contributed by atoms with van der Waals surface area (Å²) in [5.41, 5.74) is 3.60. The van der Waals surface area contributed by atoms with Gasteiger partial charge in [0.2, 0.25) is 0 Å². The van der Waals surface area contributed by atoms with Crippen LogP contribution in [-0.4, -0.2) is 5.11 Å². The van der Waals surface area contributed by atoms with Gasteiger partial charge in [-0.05, 0) is 39.7 Å². The first-order chi connectivity index (χ1) is 13.8. The standard InChI is InChI=1S/C25H22N2S/c28-25(26-18-22-16-9-15-19-10-7-8-17-23(19)22)27-24(20-11-3-1-4-12-20)21-13-5-2-6-14-21/h1-17,24H,18H2,(H2,26,27,28). The van der Waals surface area contributed by atoms with Gasteiger partial charge in [-0.2, -0.15) is 0 Å². The Kier molecular flexibility index (Phi) is 5.64. The third-order valence-corrected chi connectivity index (χ3v) is 5.12. The van der Waals surface area contributed by atoms with E-state index in [1.807, 2.05) is 12.1 Å². The summed E-state index contributed by atoms with van der Waals surface area (Å²) in [4.78, 5) is 0. The normalized spacial score (nSPS) is 10.8. The molecule has 0 unspecified atom stereocenters. The molecule has 0 aromatic heterocycles. The van der Waals surface area contributed by atoms with E-state index in [2.05, 4.69) is 102 Å². The highest BCUT2D eigenvalue weighted by Gasteiger charge is 2.14. The predicted molar refractivity (Wildman–Crippen MR) is 121 cm³/mol. The van der Waals surface area contributed by atoms with E-state index < -0.39 is 0 Å². The Morgan fingerprint density at radius 1 is 0.679 bits per heavy atom. The fourth-order valence-electron chi connectivity index (χ4n) is 3.45. The van der Waals surface area contributed by atoms with Gasteiger partial charge >= 0.3 is 0 Å². The molecule has 3 heteroatoms. The van der Waals surface area contributed by atoms with Crippen LogP contribution in [0.25, 0.3) is 10.8 Å². The van der Waals surface area contributed by atoms with E-state index in [0.717, 1.165) is 0 Å². The van der Waals surface area contributed by atoms with Crippen molar-refractivity contribution in [1.82, 2.24) is 10.6 Å². The Morgan fingerprint density at radius 2 is 1.25 bits per heavy atom. The molecule has 0 amide bonds. The largest absolute Gasteiger partial charge is 0.359 e. The minimum absolute atomic E-state index is 0.00918. The molecule has 2 nitrogen and oxygen atoms in total. The Bertz CT molecular complexity index is 1020. The molecule has 0 heterocycles. The number of fused-ring (bicyclic) bond motifs is 1. The lowest BCUT2D eigenvalue weighted by molar-refractivity contribution is 0.736. The van der Waals surface area contributed by atoms with Crippen LogP contribution in [0.4, 0.5) is 0 Å². The van der Waals surface area contributed by atoms with Gasteiger partial charge in [0.1, 0.15) is 0 Å². The zero-order valence-electron chi connectivity index (χ0n) is 15.5. The van der Waals surface area contributed by atoms with Gasteiger partial charge in [0.15, 0.2) is 5.11 Å². The van der Waals surface area contributed by atoms with Crippen LogP contribution in [0.1, 0.15) is 22.7 Å². The van der Waals surface area contributed by atoms with Crippen molar-refractivity contribution in [1.29, 1.82) is 0 Å². The molecule has 0 saturated heterocycles. The number of benzene rings is 4. The van der Waals surface area contributed by atoms with Crippen molar-refractivity contribution in [3.8, 4) is 0 Å². The maximum absolute atomic E-state index is 5.63. The van der Waals surface area contributed by atoms with Gasteiger partial charge in [-0.1, -0.05) is 103 Å². The number of nitrogens with one attached hydrogen (secondary N) is 2. The minimum Gasteiger partial charge on any atom is -0.359 e. The minimum atomic E-state index is 0.00918. The van der Waals surface area contributed by atoms with Crippen molar-refractivity contribution in [3.63, 3.8) is 0 Å². The number of rotatable bonds is 5. The summed E-state index contributed by atoms with van der Waals surface area (Å²) in [6.45, 7) is 0.684. The summed E-state index contributed by atoms with van der Waals surface area (Å²) in [6.07, 6.45) is 0. The summed E-state index contributed by atoms with van der Waals surface area (Å²) in [5, 5.41) is 10.0. The van der Waals surface area contributed by atoms with Crippen molar-refractivity contribution in [3.05, 3.63) is 120 Å². The van der Waals surface area contributed by atoms with Gasteiger partial charge in [-0.3, -0.25) is 0 Å². The monoisotopic (exact) mass is 382 g/mol. The predicted octanol–water partition coefficient (Wildman–Crippen LogP) is 5.59. The summed E-state index contributed by atoms with van der Waals surface area (Å²) >= 11 is 5.63. The molecule has 28 heavy (non-hydrogen) atoms. The molecule has 4 aromatic rings. The summed E-state index contributed by atoms with van der Waals surface area (Å²) in [5.74, 6) is 0. The van der Waals surface area contributed by atoms with E-state index in [-0.39, 0.29) is 6.04 Å². The van der Waals surface area contributed by atoms with E-state index >= 15 is 0 Å². The van der Waals surface area contributed by atoms with Gasteiger partial charge in [-0.25, -0.2) is 0 Å². The van der Waals surface area contributed by atoms with Crippen LogP contribution in [-0.2, 0) is 6.54 Å². The third kappa shape index (κ3) is 4.21. The van der Waals surface area contributed by atoms with E-state index in [9.17, 15) is 0 Å². The lowest BCUT2D eigenvalue weighted by Gasteiger charge is -2.22. The maximum Gasteiger partial charge on any atom is 0.167 e. The van der Waals surface area contributed by atoms with Crippen LogP contribution in [0.3, 0.4) is 0 Å². The maximum atomic E-state index is 5.63. The topological polar surface area (TPSA) is 24.1 Å². The summed E-state index contributed by atoms with van der Waals surface area (Å²) < 4.78 is 0. The Balaban J connectivity index is 1.50. The van der Waals surface area contributed by atoms with Crippen molar-refractivity contribution in [2.75, 3.05) is 0 Å². The van der Waals surface area contributed by atoms with Crippen LogP contribution in [0.15, 0.2) is 103 Å². The highest BCUT2D eigenvalue weighted by atomic mass is 32.1. The van der Waals surface area contributed by atoms with Crippen molar-refractivity contribution in [2.24, 2.45) is 0 Å². The second-order valence-corrected chi connectivity index (χ2v) is 7.13. The molecule has 0 aliphatic carbocycles. The first-order valence-electron chi connectivity index (χ1n) is 9.42. The molecular weight excluding hydrogens is 360 g/mol. The molecule has 0 atom stereocenters. The molecule has 4 rings (SSSR count). The number of thiocarbonyl (C=S) groups is 1. The quantitative estimate of drug-likeness (QED) is 0.440. The van der Waals surface area contributed by atoms with Crippen molar-refractivity contribution < 1.29 is 0 Å². The second kappa shape index (κ2) is 8.68. The lowest BCUT2D eigenvalue weighted by Crippen LogP contribution is -2.37. The van der Waals surface area contributed by atoms with Gasteiger partial charge in [-0.15, -0.1) is 0 Å². The fraction of sp³-hybridized carbons (Fsp3) is 0.0800. The average molecular weight is 383 g/mol. The lowest BCUT2D eigenvalue weighted by atomic mass is 9.99. The molecule has 0 saturated carbocycles. The van der Waals surface area contributed by atoms with Crippen LogP contribution in [0, 0.1) is 0 Å². The molecule has 0 spiro atoms. The van der Waals surface area contributed by atoms with Crippen LogP contribution in [0.2, 0.25) is 0 Å². The molecule has 0 bridgehead atoms. The zero-order valence-corrected chi connectivity index (χ0v) is 16.3. The molecule has 4 aromatic carbocycles. The number of hydrogen-bond acceptors (Lipinski definition) is 1. The molecule has 0 fully saturated rings. The number of hydrogen-bond donors (Lipinski definition) is 2. The van der Waals surface area contributed by atoms with Gasteiger partial charge in [0.05, 0.1) is 6.04 Å². The van der Waals surface area contributed by atoms with Crippen molar-refractivity contribution in [2.45, 2.75) is 12.6 Å². The third-order valence-electron chi connectivity index (χ3n) is 4.86. The van der Waals surface area contributed by atoms with E-state index in [1.54, 1.807) is 0 Å². The average Bonchev–Trinajstić information content (AvgIpc) is 2.77. The van der Waals surface area contributed by atoms with Gasteiger partial charge in [0.25, 0.3) is 0 Å². The van der Waals surface area contributed by atoms with E-state index in [1.165, 1.54) is 27.5 Å². The first-order valence-corrected chi connectivity index (χ1v) is 9.83. The molecule has 138 valence electrons. The first kappa shape index (κ1) is 18.2. The Hall–Kier alpha value is -3.17. The Morgan fingerprint density at radius 3 is 1.93 bits per heavy atom. The SMILES string of the molecule is S=C(NCc1cccc2ccccc12)NC(c1ccccc1)c1ccccc1.